The molecule has 0 radical (unpaired) electrons. The number of ether oxygens (including phenoxy) is 2. The zero-order chi connectivity index (χ0) is 19.2. The van der Waals surface area contributed by atoms with Crippen LogP contribution in [0.1, 0.15) is 15.9 Å². The number of methoxy groups -OCH3 is 2. The van der Waals surface area contributed by atoms with Gasteiger partial charge >= 0.3 is 0 Å². The number of rotatable bonds is 5. The number of hydrazine groups is 1. The number of benzene rings is 3. The van der Waals surface area contributed by atoms with Crippen molar-refractivity contribution in [2.24, 2.45) is 0 Å². The predicted molar refractivity (Wildman–Crippen MR) is 103 cm³/mol. The number of hydrogen-bond donors (Lipinski definition) is 2. The van der Waals surface area contributed by atoms with Crippen LogP contribution in [0, 0.1) is 0 Å². The predicted octanol–water partition coefficient (Wildman–Crippen LogP) is 2.86. The molecule has 27 heavy (non-hydrogen) atoms. The second-order valence-electron chi connectivity index (χ2n) is 5.92. The minimum absolute atomic E-state index is 0.156. The van der Waals surface area contributed by atoms with Gasteiger partial charge in [0.25, 0.3) is 5.91 Å². The van der Waals surface area contributed by atoms with Gasteiger partial charge in [-0.25, -0.2) is 0 Å². The Balaban J connectivity index is 1.66. The highest BCUT2D eigenvalue weighted by molar-refractivity contribution is 5.97. The van der Waals surface area contributed by atoms with Crippen LogP contribution in [0.25, 0.3) is 10.8 Å². The fraction of sp³-hybridized carbons (Fsp3) is 0.143. The molecule has 2 N–H and O–H groups in total. The molecule has 3 aromatic carbocycles. The Morgan fingerprint density at radius 2 is 1.52 bits per heavy atom. The van der Waals surface area contributed by atoms with Gasteiger partial charge in [-0.1, -0.05) is 42.5 Å². The summed E-state index contributed by atoms with van der Waals surface area (Å²) in [4.78, 5) is 24.6. The highest BCUT2D eigenvalue weighted by Crippen LogP contribution is 2.22. The molecule has 0 bridgehead atoms. The van der Waals surface area contributed by atoms with Crippen LogP contribution in [-0.2, 0) is 11.2 Å². The van der Waals surface area contributed by atoms with E-state index in [4.69, 9.17) is 9.47 Å². The molecule has 0 atom stereocenters. The minimum Gasteiger partial charge on any atom is -0.497 e. The topological polar surface area (TPSA) is 76.7 Å². The van der Waals surface area contributed by atoms with E-state index in [2.05, 4.69) is 10.9 Å². The first-order valence-electron chi connectivity index (χ1n) is 8.39. The monoisotopic (exact) mass is 364 g/mol. The molecule has 0 spiro atoms. The Bertz CT molecular complexity index is 957. The lowest BCUT2D eigenvalue weighted by molar-refractivity contribution is -0.121. The van der Waals surface area contributed by atoms with Gasteiger partial charge in [-0.15, -0.1) is 0 Å². The van der Waals surface area contributed by atoms with E-state index in [1.54, 1.807) is 18.2 Å². The van der Waals surface area contributed by atoms with Crippen molar-refractivity contribution in [2.75, 3.05) is 14.2 Å². The Morgan fingerprint density at radius 1 is 0.852 bits per heavy atom. The van der Waals surface area contributed by atoms with Crippen LogP contribution >= 0.6 is 0 Å². The summed E-state index contributed by atoms with van der Waals surface area (Å²) in [6, 6.07) is 18.4. The summed E-state index contributed by atoms with van der Waals surface area (Å²) in [5, 5.41) is 2.08. The molecule has 2 amide bonds. The first-order chi connectivity index (χ1) is 13.1. The third-order valence-electron chi connectivity index (χ3n) is 4.16. The van der Waals surface area contributed by atoms with Crippen LogP contribution in [0.4, 0.5) is 0 Å². The van der Waals surface area contributed by atoms with Crippen LogP contribution in [0.15, 0.2) is 60.7 Å². The molecular weight excluding hydrogens is 344 g/mol. The molecule has 6 nitrogen and oxygen atoms in total. The van der Waals surface area contributed by atoms with Crippen LogP contribution < -0.4 is 20.3 Å². The summed E-state index contributed by atoms with van der Waals surface area (Å²) in [5.74, 6) is 0.205. The molecule has 0 fully saturated rings. The Hall–Kier alpha value is -3.54. The maximum atomic E-state index is 12.3. The number of carbonyl (C=O) groups is 2. The molecular formula is C21H20N2O4. The highest BCUT2D eigenvalue weighted by atomic mass is 16.5. The first-order valence-corrected chi connectivity index (χ1v) is 8.39. The van der Waals surface area contributed by atoms with Crippen molar-refractivity contribution < 1.29 is 19.1 Å². The second-order valence-corrected chi connectivity index (χ2v) is 5.92. The van der Waals surface area contributed by atoms with Crippen molar-refractivity contribution >= 4 is 22.6 Å². The smallest absolute Gasteiger partial charge is 0.269 e. The number of hydrogen-bond acceptors (Lipinski definition) is 4. The van der Waals surface area contributed by atoms with E-state index in [9.17, 15) is 9.59 Å². The number of carbonyl (C=O) groups excluding carboxylic acids is 2. The normalized spacial score (nSPS) is 10.3. The Labute approximate surface area is 157 Å². The molecule has 138 valence electrons. The van der Waals surface area contributed by atoms with Crippen LogP contribution in [0.5, 0.6) is 11.5 Å². The zero-order valence-corrected chi connectivity index (χ0v) is 15.1. The molecule has 0 aliphatic rings. The molecule has 0 aliphatic carbocycles. The molecule has 0 saturated carbocycles. The second kappa shape index (κ2) is 8.23. The van der Waals surface area contributed by atoms with Gasteiger partial charge < -0.3 is 9.47 Å². The summed E-state index contributed by atoms with van der Waals surface area (Å²) in [6.07, 6.45) is 0.156. The van der Waals surface area contributed by atoms with Gasteiger partial charge in [-0.05, 0) is 28.5 Å². The Morgan fingerprint density at radius 3 is 2.22 bits per heavy atom. The van der Waals surface area contributed by atoms with Crippen molar-refractivity contribution in [1.29, 1.82) is 0 Å². The van der Waals surface area contributed by atoms with E-state index < -0.39 is 5.91 Å². The fourth-order valence-electron chi connectivity index (χ4n) is 2.80. The summed E-state index contributed by atoms with van der Waals surface area (Å²) in [7, 11) is 3.00. The van der Waals surface area contributed by atoms with Crippen molar-refractivity contribution in [2.45, 2.75) is 6.42 Å². The van der Waals surface area contributed by atoms with E-state index in [-0.39, 0.29) is 12.3 Å². The summed E-state index contributed by atoms with van der Waals surface area (Å²) in [5.41, 5.74) is 6.08. The third kappa shape index (κ3) is 4.36. The van der Waals surface area contributed by atoms with Crippen molar-refractivity contribution in [3.63, 3.8) is 0 Å². The van der Waals surface area contributed by atoms with Gasteiger partial charge in [-0.2, -0.15) is 0 Å². The molecule has 6 heteroatoms. The molecule has 0 aromatic heterocycles. The largest absolute Gasteiger partial charge is 0.497 e. The molecule has 0 unspecified atom stereocenters. The third-order valence-corrected chi connectivity index (χ3v) is 4.16. The Kier molecular flexibility index (Phi) is 5.56. The molecule has 0 aliphatic heterocycles. The van der Waals surface area contributed by atoms with E-state index >= 15 is 0 Å². The average molecular weight is 364 g/mol. The van der Waals surface area contributed by atoms with Gasteiger partial charge in [0.1, 0.15) is 11.5 Å². The molecule has 0 heterocycles. The highest BCUT2D eigenvalue weighted by Gasteiger charge is 2.12. The summed E-state index contributed by atoms with van der Waals surface area (Å²) < 4.78 is 10.3. The lowest BCUT2D eigenvalue weighted by Crippen LogP contribution is -2.42. The van der Waals surface area contributed by atoms with Crippen molar-refractivity contribution in [3.05, 3.63) is 71.8 Å². The minimum atomic E-state index is -0.460. The molecule has 0 saturated heterocycles. The number of fused-ring (bicyclic) bond motifs is 1. The van der Waals surface area contributed by atoms with Gasteiger partial charge in [0.05, 0.1) is 20.6 Å². The van der Waals surface area contributed by atoms with Crippen LogP contribution in [-0.4, -0.2) is 26.0 Å². The maximum absolute atomic E-state index is 12.3. The van der Waals surface area contributed by atoms with E-state index in [0.29, 0.717) is 17.1 Å². The first kappa shape index (κ1) is 18.3. The van der Waals surface area contributed by atoms with Crippen LogP contribution in [0.2, 0.25) is 0 Å². The molecule has 3 aromatic rings. The maximum Gasteiger partial charge on any atom is 0.269 e. The van der Waals surface area contributed by atoms with Crippen LogP contribution in [0.3, 0.4) is 0 Å². The summed E-state index contributed by atoms with van der Waals surface area (Å²) >= 11 is 0. The number of amides is 2. The van der Waals surface area contributed by atoms with Crippen molar-refractivity contribution in [1.82, 2.24) is 10.9 Å². The van der Waals surface area contributed by atoms with E-state index in [1.165, 1.54) is 14.2 Å². The van der Waals surface area contributed by atoms with Crippen molar-refractivity contribution in [3.8, 4) is 11.5 Å². The van der Waals surface area contributed by atoms with Gasteiger partial charge in [0, 0.05) is 11.6 Å². The lowest BCUT2D eigenvalue weighted by Gasteiger charge is -2.11. The fourth-order valence-corrected chi connectivity index (χ4v) is 2.80. The van der Waals surface area contributed by atoms with Gasteiger partial charge in [0.2, 0.25) is 5.91 Å². The number of nitrogens with one attached hydrogen (secondary N) is 2. The van der Waals surface area contributed by atoms with Gasteiger partial charge in [-0.3, -0.25) is 20.4 Å². The standard InChI is InChI=1S/C21H20N2O4/c1-26-17-10-16(11-18(13-17)27-2)21(25)23-22-20(24)12-15-8-5-7-14-6-3-4-9-19(14)15/h3-11,13H,12H2,1-2H3,(H,22,24)(H,23,25). The quantitative estimate of drug-likeness (QED) is 0.683. The molecule has 3 rings (SSSR count). The summed E-state index contributed by atoms with van der Waals surface area (Å²) in [6.45, 7) is 0. The SMILES string of the molecule is COc1cc(OC)cc(C(=O)NNC(=O)Cc2cccc3ccccc23)c1. The lowest BCUT2D eigenvalue weighted by atomic mass is 10.0. The average Bonchev–Trinajstić information content (AvgIpc) is 2.71. The van der Waals surface area contributed by atoms with Gasteiger partial charge in [0.15, 0.2) is 0 Å². The zero-order valence-electron chi connectivity index (χ0n) is 15.1. The van der Waals surface area contributed by atoms with E-state index in [1.807, 2.05) is 42.5 Å². The van der Waals surface area contributed by atoms with E-state index in [0.717, 1.165) is 16.3 Å².